The van der Waals surface area contributed by atoms with Gasteiger partial charge in [-0.3, -0.25) is 5.32 Å². The standard InChI is InChI=1S/C23H28N4O2.C6H10.C3H8/c1-5-8-13-29-23(28)26-20-14-18-19(15-21(20)27(6-2)7-3)25-22(24-18)17-11-9-16(4)10-12-17;1-4-6(3)5-2;1-3-2/h5,9-12,14-15H,1,6-8,13H2,2-4H3,(H,24,25)(H,26,28);4-5H,1H2,2-3H3;3H2,1-2H3/b;6-5-;. The Kier molecular flexibility index (Phi) is 14.9. The zero-order valence-electron chi connectivity index (χ0n) is 24.4. The number of H-pyrrole nitrogens is 1. The van der Waals surface area contributed by atoms with Gasteiger partial charge in [0, 0.05) is 18.7 Å². The predicted molar refractivity (Wildman–Crippen MR) is 165 cm³/mol. The van der Waals surface area contributed by atoms with E-state index in [0.717, 1.165) is 41.2 Å². The lowest BCUT2D eigenvalue weighted by molar-refractivity contribution is 0.164. The number of benzene rings is 2. The van der Waals surface area contributed by atoms with E-state index in [1.807, 2.05) is 38.1 Å². The maximum Gasteiger partial charge on any atom is 0.411 e. The van der Waals surface area contributed by atoms with Crippen molar-refractivity contribution in [2.24, 2.45) is 0 Å². The Labute approximate surface area is 229 Å². The number of hydrogen-bond donors (Lipinski definition) is 2. The number of aryl methyl sites for hydroxylation is 1. The fourth-order valence-electron chi connectivity index (χ4n) is 3.32. The number of amides is 1. The number of nitrogens with zero attached hydrogens (tertiary/aromatic N) is 2. The number of imidazole rings is 1. The van der Waals surface area contributed by atoms with Gasteiger partial charge in [-0.25, -0.2) is 9.78 Å². The number of fused-ring (bicyclic) bond motifs is 1. The van der Waals surface area contributed by atoms with Crippen molar-refractivity contribution in [3.63, 3.8) is 0 Å². The number of allylic oxidation sites excluding steroid dienone is 3. The van der Waals surface area contributed by atoms with E-state index in [-0.39, 0.29) is 0 Å². The van der Waals surface area contributed by atoms with Gasteiger partial charge in [0.15, 0.2) is 0 Å². The number of carbonyl (C=O) groups excluding carboxylic acids is 1. The van der Waals surface area contributed by atoms with Gasteiger partial charge in [0.25, 0.3) is 0 Å². The van der Waals surface area contributed by atoms with Crippen LogP contribution in [-0.4, -0.2) is 35.8 Å². The number of carbonyl (C=O) groups is 1. The highest BCUT2D eigenvalue weighted by molar-refractivity contribution is 5.96. The molecular formula is C32H46N4O2. The van der Waals surface area contributed by atoms with Crippen LogP contribution in [0.1, 0.15) is 59.9 Å². The topological polar surface area (TPSA) is 70.2 Å². The molecule has 0 fully saturated rings. The summed E-state index contributed by atoms with van der Waals surface area (Å²) in [6.45, 7) is 23.6. The van der Waals surface area contributed by atoms with Crippen molar-refractivity contribution < 1.29 is 9.53 Å². The average molecular weight is 519 g/mol. The summed E-state index contributed by atoms with van der Waals surface area (Å²) >= 11 is 0. The second-order valence-electron chi connectivity index (χ2n) is 8.79. The number of rotatable bonds is 9. The first-order valence-electron chi connectivity index (χ1n) is 13.4. The molecular weight excluding hydrogens is 472 g/mol. The van der Waals surface area contributed by atoms with E-state index in [1.54, 1.807) is 6.08 Å². The molecule has 6 heteroatoms. The lowest BCUT2D eigenvalue weighted by Crippen LogP contribution is -2.24. The number of aromatic nitrogens is 2. The molecule has 3 rings (SSSR count). The summed E-state index contributed by atoms with van der Waals surface area (Å²) < 4.78 is 5.22. The van der Waals surface area contributed by atoms with Crippen molar-refractivity contribution in [1.82, 2.24) is 9.97 Å². The smallest absolute Gasteiger partial charge is 0.411 e. The second-order valence-corrected chi connectivity index (χ2v) is 8.79. The molecule has 0 aliphatic carbocycles. The van der Waals surface area contributed by atoms with Gasteiger partial charge >= 0.3 is 6.09 Å². The van der Waals surface area contributed by atoms with E-state index in [9.17, 15) is 4.79 Å². The van der Waals surface area contributed by atoms with Crippen LogP contribution in [0.5, 0.6) is 0 Å². The molecule has 1 aromatic heterocycles. The van der Waals surface area contributed by atoms with Crippen LogP contribution < -0.4 is 10.2 Å². The van der Waals surface area contributed by atoms with Crippen LogP contribution in [0, 0.1) is 6.92 Å². The summed E-state index contributed by atoms with van der Waals surface area (Å²) in [5.74, 6) is 0.802. The lowest BCUT2D eigenvalue weighted by atomic mass is 10.1. The Morgan fingerprint density at radius 2 is 1.74 bits per heavy atom. The van der Waals surface area contributed by atoms with Crippen molar-refractivity contribution in [3.8, 4) is 11.4 Å². The molecule has 6 nitrogen and oxygen atoms in total. The van der Waals surface area contributed by atoms with Crippen LogP contribution in [0.4, 0.5) is 16.2 Å². The minimum absolute atomic E-state index is 0.305. The normalized spacial score (nSPS) is 10.4. The van der Waals surface area contributed by atoms with Gasteiger partial charge < -0.3 is 14.6 Å². The Hall–Kier alpha value is -3.80. The van der Waals surface area contributed by atoms with Crippen LogP contribution in [0.15, 0.2) is 73.4 Å². The number of nitrogens with one attached hydrogen (secondary N) is 2. The van der Waals surface area contributed by atoms with Crippen LogP contribution in [0.25, 0.3) is 22.4 Å². The third kappa shape index (κ3) is 10.3. The number of anilines is 2. The van der Waals surface area contributed by atoms with Crippen molar-refractivity contribution in [2.75, 3.05) is 29.9 Å². The molecule has 0 saturated carbocycles. The van der Waals surface area contributed by atoms with Crippen LogP contribution in [0.3, 0.4) is 0 Å². The highest BCUT2D eigenvalue weighted by Gasteiger charge is 2.16. The highest BCUT2D eigenvalue weighted by atomic mass is 16.5. The largest absolute Gasteiger partial charge is 0.449 e. The third-order valence-corrected chi connectivity index (χ3v) is 5.60. The molecule has 0 saturated heterocycles. The molecule has 1 heterocycles. The summed E-state index contributed by atoms with van der Waals surface area (Å²) in [5.41, 5.74) is 6.79. The Morgan fingerprint density at radius 1 is 1.11 bits per heavy atom. The van der Waals surface area contributed by atoms with E-state index in [1.165, 1.54) is 17.6 Å². The first kappa shape index (κ1) is 32.2. The molecule has 206 valence electrons. The Morgan fingerprint density at radius 3 is 2.24 bits per heavy atom. The molecule has 38 heavy (non-hydrogen) atoms. The molecule has 3 aromatic rings. The van der Waals surface area contributed by atoms with E-state index < -0.39 is 6.09 Å². The van der Waals surface area contributed by atoms with E-state index in [0.29, 0.717) is 18.7 Å². The summed E-state index contributed by atoms with van der Waals surface area (Å²) in [5, 5.41) is 2.88. The fourth-order valence-corrected chi connectivity index (χ4v) is 3.32. The molecule has 0 spiro atoms. The second kappa shape index (κ2) is 17.6. The van der Waals surface area contributed by atoms with Crippen molar-refractivity contribution >= 4 is 28.5 Å². The Bertz CT molecular complexity index is 1170. The van der Waals surface area contributed by atoms with E-state index >= 15 is 0 Å². The Balaban J connectivity index is 0.000000695. The van der Waals surface area contributed by atoms with E-state index in [2.05, 4.69) is 87.2 Å². The van der Waals surface area contributed by atoms with Crippen LogP contribution in [0.2, 0.25) is 0 Å². The minimum atomic E-state index is -0.474. The number of aromatic amines is 1. The van der Waals surface area contributed by atoms with Crippen LogP contribution in [-0.2, 0) is 4.74 Å². The molecule has 2 aromatic carbocycles. The third-order valence-electron chi connectivity index (χ3n) is 5.60. The molecule has 0 bridgehead atoms. The number of ether oxygens (including phenoxy) is 1. The molecule has 0 aliphatic heterocycles. The maximum atomic E-state index is 12.2. The molecule has 0 radical (unpaired) electrons. The first-order chi connectivity index (χ1) is 18.3. The maximum absolute atomic E-state index is 12.2. The van der Waals surface area contributed by atoms with Gasteiger partial charge in [-0.15, -0.1) is 6.58 Å². The van der Waals surface area contributed by atoms with Gasteiger partial charge in [-0.05, 0) is 53.2 Å². The number of hydrogen-bond acceptors (Lipinski definition) is 4. The van der Waals surface area contributed by atoms with Crippen molar-refractivity contribution in [1.29, 1.82) is 0 Å². The van der Waals surface area contributed by atoms with Gasteiger partial charge in [-0.1, -0.05) is 80.5 Å². The fraction of sp³-hybridized carbons (Fsp3) is 0.375. The van der Waals surface area contributed by atoms with Crippen molar-refractivity contribution in [2.45, 2.75) is 61.3 Å². The summed E-state index contributed by atoms with van der Waals surface area (Å²) in [7, 11) is 0. The van der Waals surface area contributed by atoms with E-state index in [4.69, 9.17) is 9.72 Å². The van der Waals surface area contributed by atoms with Gasteiger partial charge in [0.05, 0.1) is 29.0 Å². The average Bonchev–Trinajstić information content (AvgIpc) is 3.33. The van der Waals surface area contributed by atoms with Gasteiger partial charge in [0.2, 0.25) is 0 Å². The first-order valence-corrected chi connectivity index (χ1v) is 13.4. The quantitative estimate of drug-likeness (QED) is 0.168. The molecule has 2 N–H and O–H groups in total. The summed E-state index contributed by atoms with van der Waals surface area (Å²) in [6, 6.07) is 12.2. The molecule has 1 amide bonds. The SMILES string of the molecule is C=C/C(C)=C\C.C=CCCOC(=O)Nc1cc2[nH]c(-c3ccc(C)cc3)nc2cc1N(CC)CC.CCC. The highest BCUT2D eigenvalue weighted by Crippen LogP contribution is 2.32. The molecule has 0 atom stereocenters. The van der Waals surface area contributed by atoms with Gasteiger partial charge in [0.1, 0.15) is 5.82 Å². The molecule has 0 aliphatic rings. The zero-order valence-corrected chi connectivity index (χ0v) is 24.4. The molecule has 0 unspecified atom stereocenters. The van der Waals surface area contributed by atoms with Crippen molar-refractivity contribution in [3.05, 3.63) is 78.9 Å². The lowest BCUT2D eigenvalue weighted by Gasteiger charge is -2.24. The summed E-state index contributed by atoms with van der Waals surface area (Å²) in [6.07, 6.45) is 6.97. The monoisotopic (exact) mass is 518 g/mol. The zero-order chi connectivity index (χ0) is 28.5. The predicted octanol–water partition coefficient (Wildman–Crippen LogP) is 9.06. The van der Waals surface area contributed by atoms with Crippen LogP contribution >= 0.6 is 0 Å². The van der Waals surface area contributed by atoms with Gasteiger partial charge in [-0.2, -0.15) is 0 Å². The summed E-state index contributed by atoms with van der Waals surface area (Å²) in [4.78, 5) is 22.5. The minimum Gasteiger partial charge on any atom is -0.449 e.